The maximum absolute atomic E-state index is 11.8. The monoisotopic (exact) mass is 304 g/mol. The zero-order chi connectivity index (χ0) is 12.8. The van der Waals surface area contributed by atoms with Crippen LogP contribution >= 0.6 is 23.7 Å². The van der Waals surface area contributed by atoms with Crippen LogP contribution in [0.4, 0.5) is 5.13 Å². The predicted octanol–water partition coefficient (Wildman–Crippen LogP) is 2.24. The number of hydrogen-bond acceptors (Lipinski definition) is 5. The van der Waals surface area contributed by atoms with Gasteiger partial charge in [0.1, 0.15) is 5.01 Å². The Bertz CT molecular complexity index is 393. The Morgan fingerprint density at radius 3 is 2.79 bits per heavy atom. The van der Waals surface area contributed by atoms with Gasteiger partial charge in [0.2, 0.25) is 11.0 Å². The van der Waals surface area contributed by atoms with E-state index < -0.39 is 0 Å². The van der Waals surface area contributed by atoms with Gasteiger partial charge in [-0.05, 0) is 44.7 Å². The molecular weight excluding hydrogens is 284 g/mol. The van der Waals surface area contributed by atoms with Crippen molar-refractivity contribution in [1.82, 2.24) is 15.5 Å². The summed E-state index contributed by atoms with van der Waals surface area (Å²) in [4.78, 5) is 11.8. The molecule has 108 valence electrons. The van der Waals surface area contributed by atoms with E-state index in [0.717, 1.165) is 30.9 Å². The molecule has 1 saturated heterocycles. The summed E-state index contributed by atoms with van der Waals surface area (Å²) >= 11 is 1.46. The van der Waals surface area contributed by atoms with Crippen LogP contribution in [0.5, 0.6) is 0 Å². The predicted molar refractivity (Wildman–Crippen MR) is 80.0 cm³/mol. The van der Waals surface area contributed by atoms with E-state index in [9.17, 15) is 4.79 Å². The molecule has 2 heterocycles. The van der Waals surface area contributed by atoms with Gasteiger partial charge in [0.05, 0.1) is 0 Å². The number of aryl methyl sites for hydroxylation is 1. The summed E-state index contributed by atoms with van der Waals surface area (Å²) in [5.74, 6) is 0.755. The molecule has 5 nitrogen and oxygen atoms in total. The number of carbonyl (C=O) groups excluding carboxylic acids is 1. The highest BCUT2D eigenvalue weighted by Gasteiger charge is 2.15. The summed E-state index contributed by atoms with van der Waals surface area (Å²) in [5, 5.41) is 15.7. The first-order valence-electron chi connectivity index (χ1n) is 6.61. The molecule has 1 fully saturated rings. The van der Waals surface area contributed by atoms with Gasteiger partial charge in [-0.1, -0.05) is 18.3 Å². The molecule has 0 bridgehead atoms. The fourth-order valence-corrected chi connectivity index (χ4v) is 2.83. The number of piperidine rings is 1. The average Bonchev–Trinajstić information content (AvgIpc) is 2.85. The van der Waals surface area contributed by atoms with Gasteiger partial charge in [-0.15, -0.1) is 22.6 Å². The maximum Gasteiger partial charge on any atom is 0.226 e. The fourth-order valence-electron chi connectivity index (χ4n) is 2.13. The van der Waals surface area contributed by atoms with Crippen LogP contribution in [0.15, 0.2) is 0 Å². The first kappa shape index (κ1) is 16.3. The van der Waals surface area contributed by atoms with Crippen molar-refractivity contribution in [2.75, 3.05) is 18.4 Å². The van der Waals surface area contributed by atoms with E-state index in [0.29, 0.717) is 17.5 Å². The third-order valence-corrected chi connectivity index (χ3v) is 4.24. The minimum atomic E-state index is 0. The second kappa shape index (κ2) is 8.45. The lowest BCUT2D eigenvalue weighted by Crippen LogP contribution is -2.28. The molecule has 2 rings (SSSR count). The molecule has 0 aliphatic carbocycles. The van der Waals surface area contributed by atoms with Crippen LogP contribution in [-0.2, 0) is 11.2 Å². The summed E-state index contributed by atoms with van der Waals surface area (Å²) in [6, 6.07) is 0. The Morgan fingerprint density at radius 1 is 1.42 bits per heavy atom. The quantitative estimate of drug-likeness (QED) is 0.875. The smallest absolute Gasteiger partial charge is 0.226 e. The molecule has 0 radical (unpaired) electrons. The third kappa shape index (κ3) is 5.42. The minimum Gasteiger partial charge on any atom is -0.317 e. The number of anilines is 1. The van der Waals surface area contributed by atoms with E-state index in [4.69, 9.17) is 0 Å². The molecule has 7 heteroatoms. The lowest BCUT2D eigenvalue weighted by atomic mass is 9.93. The van der Waals surface area contributed by atoms with Gasteiger partial charge in [0.15, 0.2) is 0 Å². The third-order valence-electron chi connectivity index (χ3n) is 3.25. The maximum atomic E-state index is 11.8. The standard InChI is InChI=1S/C12H20N4OS.ClH/c1-2-11-15-16-12(18-11)14-10(17)4-3-9-5-7-13-8-6-9;/h9,13H,2-8H2,1H3,(H,14,16,17);1H. The first-order chi connectivity index (χ1) is 8.78. The number of rotatable bonds is 5. The van der Waals surface area contributed by atoms with Crippen molar-refractivity contribution < 1.29 is 4.79 Å². The highest BCUT2D eigenvalue weighted by molar-refractivity contribution is 7.15. The topological polar surface area (TPSA) is 66.9 Å². The van der Waals surface area contributed by atoms with Crippen LogP contribution in [0.1, 0.15) is 37.6 Å². The van der Waals surface area contributed by atoms with Crippen molar-refractivity contribution >= 4 is 34.8 Å². The lowest BCUT2D eigenvalue weighted by molar-refractivity contribution is -0.116. The van der Waals surface area contributed by atoms with Gasteiger partial charge in [-0.2, -0.15) is 0 Å². The summed E-state index contributed by atoms with van der Waals surface area (Å²) in [5.41, 5.74) is 0. The molecule has 2 N–H and O–H groups in total. The summed E-state index contributed by atoms with van der Waals surface area (Å²) in [7, 11) is 0. The molecule has 0 aromatic carbocycles. The van der Waals surface area contributed by atoms with E-state index in [1.807, 2.05) is 6.92 Å². The minimum absolute atomic E-state index is 0. The Morgan fingerprint density at radius 2 is 2.16 bits per heavy atom. The number of hydrogen-bond donors (Lipinski definition) is 2. The number of amides is 1. The van der Waals surface area contributed by atoms with E-state index in [1.165, 1.54) is 24.2 Å². The highest BCUT2D eigenvalue weighted by atomic mass is 35.5. The van der Waals surface area contributed by atoms with Gasteiger partial charge in [-0.25, -0.2) is 0 Å². The average molecular weight is 305 g/mol. The molecule has 0 unspecified atom stereocenters. The van der Waals surface area contributed by atoms with Crippen molar-refractivity contribution in [3.63, 3.8) is 0 Å². The number of nitrogens with one attached hydrogen (secondary N) is 2. The molecule has 0 spiro atoms. The number of nitrogens with zero attached hydrogens (tertiary/aromatic N) is 2. The van der Waals surface area contributed by atoms with Gasteiger partial charge >= 0.3 is 0 Å². The number of halogens is 1. The van der Waals surface area contributed by atoms with Gasteiger partial charge in [0.25, 0.3) is 0 Å². The Balaban J connectivity index is 0.00000180. The van der Waals surface area contributed by atoms with Crippen LogP contribution in [0.3, 0.4) is 0 Å². The largest absolute Gasteiger partial charge is 0.317 e. The van der Waals surface area contributed by atoms with E-state index in [2.05, 4.69) is 20.8 Å². The van der Waals surface area contributed by atoms with Crippen LogP contribution in [0.2, 0.25) is 0 Å². The normalized spacial score (nSPS) is 15.8. The molecular formula is C12H21ClN4OS. The Labute approximate surface area is 124 Å². The van der Waals surface area contributed by atoms with Crippen LogP contribution in [0.25, 0.3) is 0 Å². The summed E-state index contributed by atoms with van der Waals surface area (Å²) < 4.78 is 0. The molecule has 1 aromatic rings. The van der Waals surface area contributed by atoms with Crippen LogP contribution in [0, 0.1) is 5.92 Å². The zero-order valence-corrected chi connectivity index (χ0v) is 12.8. The highest BCUT2D eigenvalue weighted by Crippen LogP contribution is 2.19. The lowest BCUT2D eigenvalue weighted by Gasteiger charge is -2.21. The van der Waals surface area contributed by atoms with Crippen molar-refractivity contribution in [3.8, 4) is 0 Å². The molecule has 1 aromatic heterocycles. The zero-order valence-electron chi connectivity index (χ0n) is 11.1. The van der Waals surface area contributed by atoms with E-state index in [1.54, 1.807) is 0 Å². The molecule has 1 aliphatic rings. The van der Waals surface area contributed by atoms with Gasteiger partial charge < -0.3 is 10.6 Å². The van der Waals surface area contributed by atoms with Crippen molar-refractivity contribution in [2.24, 2.45) is 5.92 Å². The first-order valence-corrected chi connectivity index (χ1v) is 7.42. The second-order valence-electron chi connectivity index (χ2n) is 4.63. The van der Waals surface area contributed by atoms with Gasteiger partial charge in [0, 0.05) is 6.42 Å². The van der Waals surface area contributed by atoms with Crippen LogP contribution < -0.4 is 10.6 Å². The van der Waals surface area contributed by atoms with E-state index in [-0.39, 0.29) is 18.3 Å². The van der Waals surface area contributed by atoms with Gasteiger partial charge in [-0.3, -0.25) is 4.79 Å². The number of aromatic nitrogens is 2. The number of carbonyl (C=O) groups is 1. The SMILES string of the molecule is CCc1nnc(NC(=O)CCC2CCNCC2)s1.Cl. The Hall–Kier alpha value is -0.720. The van der Waals surface area contributed by atoms with Crippen molar-refractivity contribution in [3.05, 3.63) is 5.01 Å². The fraction of sp³-hybridized carbons (Fsp3) is 0.750. The summed E-state index contributed by atoms with van der Waals surface area (Å²) in [6.07, 6.45) is 4.80. The van der Waals surface area contributed by atoms with Crippen molar-refractivity contribution in [2.45, 2.75) is 39.0 Å². The Kier molecular flexibility index (Phi) is 7.27. The van der Waals surface area contributed by atoms with E-state index >= 15 is 0 Å². The molecule has 1 aliphatic heterocycles. The summed E-state index contributed by atoms with van der Waals surface area (Å²) in [6.45, 7) is 4.20. The molecule has 0 saturated carbocycles. The van der Waals surface area contributed by atoms with Crippen LogP contribution in [-0.4, -0.2) is 29.2 Å². The molecule has 0 atom stereocenters. The molecule has 1 amide bonds. The second-order valence-corrected chi connectivity index (χ2v) is 5.70. The molecule has 19 heavy (non-hydrogen) atoms. The van der Waals surface area contributed by atoms with Crippen molar-refractivity contribution in [1.29, 1.82) is 0 Å².